The third-order valence-corrected chi connectivity index (χ3v) is 14.5. The molecule has 1 atom stereocenters. The summed E-state index contributed by atoms with van der Waals surface area (Å²) < 4.78 is 16.9. The van der Waals surface area contributed by atoms with Crippen LogP contribution in [0.5, 0.6) is 0 Å². The highest BCUT2D eigenvalue weighted by molar-refractivity contribution is 5.71. The van der Waals surface area contributed by atoms with Crippen LogP contribution in [0.25, 0.3) is 0 Å². The third-order valence-electron chi connectivity index (χ3n) is 14.5. The lowest BCUT2D eigenvalue weighted by Crippen LogP contribution is -2.30. The average molecular weight is 976 g/mol. The Bertz CT molecular complexity index is 1040. The SMILES string of the molecule is CCCCCCCCCCCCCCCCCCCCC(=O)OC[C@@H](COC(=O)CCCCCCCCCCCCCCCCCCCCC(C)C)OC(=O)CCCCCCCCCCCCCC. The summed E-state index contributed by atoms with van der Waals surface area (Å²) in [4.78, 5) is 38.2. The maximum atomic E-state index is 12.8. The average Bonchev–Trinajstić information content (AvgIpc) is 3.34. The van der Waals surface area contributed by atoms with E-state index >= 15 is 0 Å². The third kappa shape index (κ3) is 57.2. The first-order valence-electron chi connectivity index (χ1n) is 31.4. The molecule has 0 unspecified atom stereocenters. The second-order valence-corrected chi connectivity index (χ2v) is 22.2. The molecule has 0 rings (SSSR count). The summed E-state index contributed by atoms with van der Waals surface area (Å²) in [6.45, 7) is 9.09. The van der Waals surface area contributed by atoms with E-state index in [0.29, 0.717) is 19.3 Å². The van der Waals surface area contributed by atoms with Gasteiger partial charge in [-0.15, -0.1) is 0 Å². The molecule has 0 fully saturated rings. The molecule has 0 aromatic heterocycles. The first-order chi connectivity index (χ1) is 33.9. The molecule has 0 saturated carbocycles. The summed E-state index contributed by atoms with van der Waals surface area (Å²) in [6, 6.07) is 0. The molecule has 0 radical (unpaired) electrons. The van der Waals surface area contributed by atoms with Crippen molar-refractivity contribution in [2.75, 3.05) is 13.2 Å². The normalized spacial score (nSPS) is 12.0. The number of hydrogen-bond acceptors (Lipinski definition) is 6. The fourth-order valence-electron chi connectivity index (χ4n) is 9.81. The van der Waals surface area contributed by atoms with Gasteiger partial charge >= 0.3 is 17.9 Å². The molecule has 0 aliphatic heterocycles. The molecule has 0 N–H and O–H groups in total. The molecule has 0 spiro atoms. The second kappa shape index (κ2) is 57.3. The Balaban J connectivity index is 4.21. The van der Waals surface area contributed by atoms with Crippen LogP contribution >= 0.6 is 0 Å². The maximum Gasteiger partial charge on any atom is 0.306 e. The largest absolute Gasteiger partial charge is 0.462 e. The summed E-state index contributed by atoms with van der Waals surface area (Å²) in [5.74, 6) is 0.0293. The van der Waals surface area contributed by atoms with Crippen molar-refractivity contribution in [2.24, 2.45) is 5.92 Å². The Labute approximate surface area is 431 Å². The Morgan fingerprint density at radius 3 is 0.710 bits per heavy atom. The Morgan fingerprint density at radius 1 is 0.275 bits per heavy atom. The van der Waals surface area contributed by atoms with Gasteiger partial charge < -0.3 is 14.2 Å². The number of carbonyl (C=O) groups is 3. The van der Waals surface area contributed by atoms with E-state index in [1.54, 1.807) is 0 Å². The number of esters is 3. The monoisotopic (exact) mass is 975 g/mol. The van der Waals surface area contributed by atoms with E-state index in [0.717, 1.165) is 63.7 Å². The molecule has 0 aliphatic carbocycles. The van der Waals surface area contributed by atoms with Crippen LogP contribution < -0.4 is 0 Å². The molecule has 0 aromatic rings. The zero-order valence-electron chi connectivity index (χ0n) is 47.3. The lowest BCUT2D eigenvalue weighted by atomic mass is 10.0. The number of carbonyl (C=O) groups excluding carboxylic acids is 3. The van der Waals surface area contributed by atoms with Crippen LogP contribution in [0.2, 0.25) is 0 Å². The van der Waals surface area contributed by atoms with Crippen molar-refractivity contribution in [3.63, 3.8) is 0 Å². The van der Waals surface area contributed by atoms with Crippen molar-refractivity contribution in [1.82, 2.24) is 0 Å². The number of ether oxygens (including phenoxy) is 3. The van der Waals surface area contributed by atoms with E-state index in [1.807, 2.05) is 0 Å². The molecule has 6 nitrogen and oxygen atoms in total. The molecule has 6 heteroatoms. The molecule has 0 bridgehead atoms. The highest BCUT2D eigenvalue weighted by atomic mass is 16.6. The quantitative estimate of drug-likeness (QED) is 0.0343. The highest BCUT2D eigenvalue weighted by Crippen LogP contribution is 2.19. The Hall–Kier alpha value is -1.59. The minimum Gasteiger partial charge on any atom is -0.462 e. The topological polar surface area (TPSA) is 78.9 Å². The van der Waals surface area contributed by atoms with Gasteiger partial charge in [0.25, 0.3) is 0 Å². The summed E-state index contributed by atoms with van der Waals surface area (Å²) in [7, 11) is 0. The lowest BCUT2D eigenvalue weighted by Gasteiger charge is -2.18. The van der Waals surface area contributed by atoms with Crippen LogP contribution in [0, 0.1) is 5.92 Å². The zero-order valence-corrected chi connectivity index (χ0v) is 47.3. The van der Waals surface area contributed by atoms with Crippen LogP contribution in [0.3, 0.4) is 0 Å². The van der Waals surface area contributed by atoms with Gasteiger partial charge in [0.2, 0.25) is 0 Å². The van der Waals surface area contributed by atoms with Crippen LogP contribution in [0.1, 0.15) is 362 Å². The van der Waals surface area contributed by atoms with Crippen molar-refractivity contribution in [1.29, 1.82) is 0 Å². The Kier molecular flexibility index (Phi) is 56.0. The Morgan fingerprint density at radius 2 is 0.478 bits per heavy atom. The summed E-state index contributed by atoms with van der Waals surface area (Å²) in [5.41, 5.74) is 0. The van der Waals surface area contributed by atoms with Gasteiger partial charge in [-0.05, 0) is 25.2 Å². The zero-order chi connectivity index (χ0) is 50.2. The van der Waals surface area contributed by atoms with Gasteiger partial charge in [0.1, 0.15) is 13.2 Å². The van der Waals surface area contributed by atoms with E-state index < -0.39 is 6.10 Å². The van der Waals surface area contributed by atoms with E-state index in [2.05, 4.69) is 27.7 Å². The predicted octanol–water partition coefficient (Wildman–Crippen LogP) is 21.0. The van der Waals surface area contributed by atoms with E-state index in [1.165, 1.54) is 257 Å². The minimum absolute atomic E-state index is 0.0613. The van der Waals surface area contributed by atoms with Crippen molar-refractivity contribution in [2.45, 2.75) is 368 Å². The lowest BCUT2D eigenvalue weighted by molar-refractivity contribution is -0.167. The fourth-order valence-corrected chi connectivity index (χ4v) is 9.81. The minimum atomic E-state index is -0.762. The molecule has 0 aromatic carbocycles. The van der Waals surface area contributed by atoms with E-state index in [9.17, 15) is 14.4 Å². The maximum absolute atomic E-state index is 12.8. The molecule has 0 saturated heterocycles. The summed E-state index contributed by atoms with van der Waals surface area (Å²) in [6.07, 6.45) is 63.9. The predicted molar refractivity (Wildman–Crippen MR) is 298 cm³/mol. The van der Waals surface area contributed by atoms with Crippen molar-refractivity contribution in [3.8, 4) is 0 Å². The van der Waals surface area contributed by atoms with Gasteiger partial charge in [-0.2, -0.15) is 0 Å². The molecule has 0 amide bonds. The first kappa shape index (κ1) is 67.4. The van der Waals surface area contributed by atoms with Crippen LogP contribution in [-0.2, 0) is 28.6 Å². The number of rotatable bonds is 58. The molecular weight excluding hydrogens is 853 g/mol. The van der Waals surface area contributed by atoms with Crippen LogP contribution in [0.15, 0.2) is 0 Å². The first-order valence-corrected chi connectivity index (χ1v) is 31.4. The standard InChI is InChI=1S/C63H122O6/c1-5-7-9-11-13-15-17-19-20-21-25-28-31-35-38-42-46-50-54-61(64)67-57-60(69-63(66)56-52-48-44-40-34-18-16-14-12-10-8-6-2)58-68-62(65)55-51-47-43-39-36-32-29-26-23-22-24-27-30-33-37-41-45-49-53-59(3)4/h59-60H,5-58H2,1-4H3/t60-/m0/s1. The molecular formula is C63H122O6. The smallest absolute Gasteiger partial charge is 0.306 e. The highest BCUT2D eigenvalue weighted by Gasteiger charge is 2.19. The molecule has 69 heavy (non-hydrogen) atoms. The van der Waals surface area contributed by atoms with Crippen LogP contribution in [0.4, 0.5) is 0 Å². The van der Waals surface area contributed by atoms with Gasteiger partial charge in [0.05, 0.1) is 0 Å². The second-order valence-electron chi connectivity index (χ2n) is 22.2. The number of unbranched alkanes of at least 4 members (excludes halogenated alkanes) is 45. The van der Waals surface area contributed by atoms with Gasteiger partial charge in [-0.25, -0.2) is 0 Å². The van der Waals surface area contributed by atoms with E-state index in [-0.39, 0.29) is 31.1 Å². The fraction of sp³-hybridized carbons (Fsp3) is 0.952. The van der Waals surface area contributed by atoms with Crippen molar-refractivity contribution in [3.05, 3.63) is 0 Å². The van der Waals surface area contributed by atoms with Crippen molar-refractivity contribution >= 4 is 17.9 Å². The number of hydrogen-bond donors (Lipinski definition) is 0. The van der Waals surface area contributed by atoms with Crippen molar-refractivity contribution < 1.29 is 28.6 Å². The molecule has 0 aliphatic rings. The molecule has 0 heterocycles. The van der Waals surface area contributed by atoms with Gasteiger partial charge in [0, 0.05) is 19.3 Å². The summed E-state index contributed by atoms with van der Waals surface area (Å²) in [5, 5.41) is 0. The van der Waals surface area contributed by atoms with Gasteiger partial charge in [-0.3, -0.25) is 14.4 Å². The van der Waals surface area contributed by atoms with Gasteiger partial charge in [0.15, 0.2) is 6.10 Å². The molecule has 410 valence electrons. The van der Waals surface area contributed by atoms with E-state index in [4.69, 9.17) is 14.2 Å². The van der Waals surface area contributed by atoms with Gasteiger partial charge in [-0.1, -0.05) is 323 Å². The van der Waals surface area contributed by atoms with Crippen LogP contribution in [-0.4, -0.2) is 37.2 Å². The summed E-state index contributed by atoms with van der Waals surface area (Å²) >= 11 is 0.